The summed E-state index contributed by atoms with van der Waals surface area (Å²) >= 11 is 16.0. The topological polar surface area (TPSA) is 25.8 Å². The van der Waals surface area contributed by atoms with Crippen LogP contribution in [0.5, 0.6) is 0 Å². The van der Waals surface area contributed by atoms with Crippen LogP contribution in [-0.4, -0.2) is 10.2 Å². The molecule has 2 nitrogen and oxygen atoms in total. The summed E-state index contributed by atoms with van der Waals surface area (Å²) in [4.78, 5) is 0. The van der Waals surface area contributed by atoms with E-state index in [-0.39, 0.29) is 15.2 Å². The number of nitrogens with zero attached hydrogens (tertiary/aromatic N) is 2. The van der Waals surface area contributed by atoms with Crippen LogP contribution in [-0.2, 0) is 0 Å². The molecular formula is C4Cl3FN2. The first-order valence-electron chi connectivity index (χ1n) is 2.15. The molecule has 10 heavy (non-hydrogen) atoms. The monoisotopic (exact) mass is 200 g/mol. The Kier molecular flexibility index (Phi) is 2.28. The molecule has 0 aliphatic heterocycles. The fraction of sp³-hybridized carbons (Fsp3) is 0. The lowest BCUT2D eigenvalue weighted by atomic mass is 10.6. The van der Waals surface area contributed by atoms with E-state index in [9.17, 15) is 4.39 Å². The molecule has 6 heteroatoms. The first-order chi connectivity index (χ1) is 4.63. The first-order valence-corrected chi connectivity index (χ1v) is 3.29. The van der Waals surface area contributed by atoms with E-state index >= 15 is 0 Å². The lowest BCUT2D eigenvalue weighted by Gasteiger charge is -1.94. The van der Waals surface area contributed by atoms with E-state index < -0.39 is 5.95 Å². The second-order valence-electron chi connectivity index (χ2n) is 1.41. The molecule has 0 fully saturated rings. The van der Waals surface area contributed by atoms with E-state index in [1.807, 2.05) is 0 Å². The number of halogens is 4. The molecule has 0 aliphatic carbocycles. The molecule has 0 spiro atoms. The fourth-order valence-electron chi connectivity index (χ4n) is 0.357. The van der Waals surface area contributed by atoms with Crippen LogP contribution >= 0.6 is 34.8 Å². The second-order valence-corrected chi connectivity index (χ2v) is 2.52. The summed E-state index contributed by atoms with van der Waals surface area (Å²) in [5.41, 5.74) is 0. The lowest BCUT2D eigenvalue weighted by Crippen LogP contribution is -1.90. The lowest BCUT2D eigenvalue weighted by molar-refractivity contribution is 0.564. The average Bonchev–Trinajstić information content (AvgIpc) is 1.93. The Morgan fingerprint density at radius 3 is 2.10 bits per heavy atom. The zero-order valence-electron chi connectivity index (χ0n) is 4.41. The molecule has 1 aromatic heterocycles. The van der Waals surface area contributed by atoms with Gasteiger partial charge in [0.1, 0.15) is 10.0 Å². The maximum atomic E-state index is 12.3. The van der Waals surface area contributed by atoms with E-state index in [1.165, 1.54) is 0 Å². The van der Waals surface area contributed by atoms with Crippen LogP contribution in [0.2, 0.25) is 15.2 Å². The molecule has 0 unspecified atom stereocenters. The highest BCUT2D eigenvalue weighted by molar-refractivity contribution is 6.47. The standard InChI is InChI=1S/C4Cl3FN2/c5-1-2(6)4(8)10-9-3(1)7. The first kappa shape index (κ1) is 7.98. The maximum absolute atomic E-state index is 12.3. The zero-order chi connectivity index (χ0) is 7.72. The zero-order valence-corrected chi connectivity index (χ0v) is 6.67. The van der Waals surface area contributed by atoms with E-state index in [2.05, 4.69) is 10.2 Å². The van der Waals surface area contributed by atoms with Crippen LogP contribution < -0.4 is 0 Å². The van der Waals surface area contributed by atoms with E-state index in [0.717, 1.165) is 0 Å². The van der Waals surface area contributed by atoms with E-state index in [0.29, 0.717) is 0 Å². The van der Waals surface area contributed by atoms with Crippen molar-refractivity contribution < 1.29 is 4.39 Å². The molecule has 0 atom stereocenters. The predicted molar refractivity (Wildman–Crippen MR) is 37.0 cm³/mol. The van der Waals surface area contributed by atoms with Gasteiger partial charge in [-0.3, -0.25) is 0 Å². The van der Waals surface area contributed by atoms with Gasteiger partial charge in [-0.2, -0.15) is 4.39 Å². The minimum atomic E-state index is -0.920. The van der Waals surface area contributed by atoms with Gasteiger partial charge < -0.3 is 0 Å². The van der Waals surface area contributed by atoms with Crippen molar-refractivity contribution >= 4 is 34.8 Å². The summed E-state index contributed by atoms with van der Waals surface area (Å²) in [5, 5.41) is 5.61. The molecule has 0 saturated heterocycles. The van der Waals surface area contributed by atoms with Crippen molar-refractivity contribution in [1.29, 1.82) is 0 Å². The van der Waals surface area contributed by atoms with E-state index in [1.54, 1.807) is 0 Å². The minimum Gasteiger partial charge on any atom is -0.181 e. The Bertz CT molecular complexity index is 238. The highest BCUT2D eigenvalue weighted by Crippen LogP contribution is 2.28. The molecule has 0 amide bonds. The molecule has 0 aromatic carbocycles. The van der Waals surface area contributed by atoms with Gasteiger partial charge in [0.25, 0.3) is 5.95 Å². The molecule has 0 N–H and O–H groups in total. The van der Waals surface area contributed by atoms with Crippen molar-refractivity contribution in [3.05, 3.63) is 21.1 Å². The van der Waals surface area contributed by atoms with Crippen LogP contribution in [0.15, 0.2) is 0 Å². The SMILES string of the molecule is Fc1nnc(Cl)c(Cl)c1Cl. The van der Waals surface area contributed by atoms with Gasteiger partial charge in [0.05, 0.1) is 0 Å². The summed E-state index contributed by atoms with van der Waals surface area (Å²) in [6, 6.07) is 0. The Labute approximate surface area is 70.9 Å². The quantitative estimate of drug-likeness (QED) is 0.645. The smallest absolute Gasteiger partial charge is 0.181 e. The van der Waals surface area contributed by atoms with Crippen molar-refractivity contribution in [2.45, 2.75) is 0 Å². The number of hydrogen-bond donors (Lipinski definition) is 0. The molecule has 0 radical (unpaired) electrons. The average molecular weight is 201 g/mol. The molecule has 1 rings (SSSR count). The Hall–Kier alpha value is -0.120. The Morgan fingerprint density at radius 1 is 1.00 bits per heavy atom. The van der Waals surface area contributed by atoms with Gasteiger partial charge in [-0.15, -0.1) is 10.2 Å². The number of hydrogen-bond acceptors (Lipinski definition) is 2. The molecular weight excluding hydrogens is 201 g/mol. The van der Waals surface area contributed by atoms with Gasteiger partial charge >= 0.3 is 0 Å². The largest absolute Gasteiger partial charge is 0.253 e. The third-order valence-corrected chi connectivity index (χ3v) is 1.95. The highest BCUT2D eigenvalue weighted by Gasteiger charge is 2.10. The van der Waals surface area contributed by atoms with Crippen molar-refractivity contribution in [2.24, 2.45) is 0 Å². The van der Waals surface area contributed by atoms with Gasteiger partial charge in [-0.25, -0.2) is 0 Å². The Balaban J connectivity index is 3.34. The molecule has 54 valence electrons. The van der Waals surface area contributed by atoms with Crippen molar-refractivity contribution in [3.8, 4) is 0 Å². The van der Waals surface area contributed by atoms with Crippen LogP contribution in [0.4, 0.5) is 4.39 Å². The minimum absolute atomic E-state index is 0.104. The van der Waals surface area contributed by atoms with Crippen LogP contribution in [0, 0.1) is 5.95 Å². The molecule has 0 aliphatic rings. The summed E-state index contributed by atoms with van der Waals surface area (Å²) in [6.45, 7) is 0. The molecule has 0 bridgehead atoms. The van der Waals surface area contributed by atoms with Crippen molar-refractivity contribution in [3.63, 3.8) is 0 Å². The van der Waals surface area contributed by atoms with Crippen LogP contribution in [0.25, 0.3) is 0 Å². The third-order valence-electron chi connectivity index (χ3n) is 0.781. The van der Waals surface area contributed by atoms with Crippen molar-refractivity contribution in [2.75, 3.05) is 0 Å². The van der Waals surface area contributed by atoms with Gasteiger partial charge in [-0.1, -0.05) is 34.8 Å². The van der Waals surface area contributed by atoms with Crippen molar-refractivity contribution in [1.82, 2.24) is 10.2 Å². The Morgan fingerprint density at radius 2 is 1.60 bits per heavy atom. The predicted octanol–water partition coefficient (Wildman–Crippen LogP) is 2.58. The molecule has 1 heterocycles. The van der Waals surface area contributed by atoms with Gasteiger partial charge in [-0.05, 0) is 0 Å². The third kappa shape index (κ3) is 1.31. The normalized spacial score (nSPS) is 10.0. The summed E-state index contributed by atoms with van der Waals surface area (Å²) < 4.78 is 12.3. The summed E-state index contributed by atoms with van der Waals surface area (Å²) in [7, 11) is 0. The summed E-state index contributed by atoms with van der Waals surface area (Å²) in [6.07, 6.45) is 0. The second kappa shape index (κ2) is 2.86. The van der Waals surface area contributed by atoms with Crippen LogP contribution in [0.1, 0.15) is 0 Å². The fourth-order valence-corrected chi connectivity index (χ4v) is 0.780. The maximum Gasteiger partial charge on any atom is 0.253 e. The molecule has 0 saturated carbocycles. The highest BCUT2D eigenvalue weighted by atomic mass is 35.5. The number of rotatable bonds is 0. The van der Waals surface area contributed by atoms with Crippen LogP contribution in [0.3, 0.4) is 0 Å². The molecule has 1 aromatic rings. The summed E-state index contributed by atoms with van der Waals surface area (Å²) in [5.74, 6) is -0.920. The van der Waals surface area contributed by atoms with E-state index in [4.69, 9.17) is 34.8 Å². The van der Waals surface area contributed by atoms with Gasteiger partial charge in [0, 0.05) is 0 Å². The van der Waals surface area contributed by atoms with Gasteiger partial charge in [0.15, 0.2) is 5.15 Å². The van der Waals surface area contributed by atoms with Gasteiger partial charge in [0.2, 0.25) is 0 Å². The number of aromatic nitrogens is 2.